The van der Waals surface area contributed by atoms with Crippen LogP contribution in [0.2, 0.25) is 5.02 Å². The van der Waals surface area contributed by atoms with E-state index in [1.54, 1.807) is 23.1 Å². The van der Waals surface area contributed by atoms with Crippen LogP contribution < -0.4 is 0 Å². The quantitative estimate of drug-likeness (QED) is 0.610. The highest BCUT2D eigenvalue weighted by molar-refractivity contribution is 8.01. The zero-order valence-electron chi connectivity index (χ0n) is 8.31. The van der Waals surface area contributed by atoms with Gasteiger partial charge in [0, 0.05) is 16.0 Å². The Morgan fingerprint density at radius 2 is 2.12 bits per heavy atom. The minimum atomic E-state index is 0.660. The lowest BCUT2D eigenvalue weighted by Gasteiger charge is -1.95. The molecule has 0 radical (unpaired) electrons. The highest BCUT2D eigenvalue weighted by Gasteiger charge is 2.04. The normalized spacial score (nSPS) is 10.0. The van der Waals surface area contributed by atoms with Crippen molar-refractivity contribution in [3.05, 3.63) is 34.7 Å². The van der Waals surface area contributed by atoms with E-state index < -0.39 is 0 Å². The summed E-state index contributed by atoms with van der Waals surface area (Å²) in [4.78, 5) is 4.49. The summed E-state index contributed by atoms with van der Waals surface area (Å²) in [7, 11) is 0. The van der Waals surface area contributed by atoms with Gasteiger partial charge in [0.15, 0.2) is 4.34 Å². The highest BCUT2D eigenvalue weighted by Crippen LogP contribution is 2.28. The average molecular weight is 266 g/mol. The van der Waals surface area contributed by atoms with Gasteiger partial charge in [-0.3, -0.25) is 0 Å². The number of hydrogen-bond acceptors (Lipinski definition) is 3. The Morgan fingerprint density at radius 3 is 2.81 bits per heavy atom. The maximum absolute atomic E-state index is 5.83. The largest absolute Gasteiger partial charge is 0.230 e. The number of halogens is 1. The molecule has 0 aliphatic carbocycles. The van der Waals surface area contributed by atoms with Crippen molar-refractivity contribution in [1.29, 1.82) is 0 Å². The predicted molar refractivity (Wildman–Crippen MR) is 72.1 cm³/mol. The van der Waals surface area contributed by atoms with Gasteiger partial charge < -0.3 is 0 Å². The molecule has 0 aliphatic heterocycles. The van der Waals surface area contributed by atoms with Crippen LogP contribution in [0.25, 0.3) is 11.3 Å². The van der Waals surface area contributed by atoms with Gasteiger partial charge in [0.05, 0.1) is 11.4 Å². The van der Waals surface area contributed by atoms with Crippen molar-refractivity contribution in [3.63, 3.8) is 0 Å². The molecular weight excluding hydrogens is 258 g/mol. The molecule has 80 valence electrons. The van der Waals surface area contributed by atoms with Crippen molar-refractivity contribution in [1.82, 2.24) is 4.98 Å². The van der Waals surface area contributed by atoms with E-state index in [2.05, 4.69) is 10.9 Å². The Kier molecular flexibility index (Phi) is 3.89. The van der Waals surface area contributed by atoms with Gasteiger partial charge in [0.25, 0.3) is 0 Å². The van der Waals surface area contributed by atoms with Crippen molar-refractivity contribution < 1.29 is 0 Å². The first-order chi connectivity index (χ1) is 7.79. The van der Waals surface area contributed by atoms with Gasteiger partial charge in [0.2, 0.25) is 0 Å². The van der Waals surface area contributed by atoms with Gasteiger partial charge in [-0.2, -0.15) is 0 Å². The molecule has 0 bridgehead atoms. The van der Waals surface area contributed by atoms with Gasteiger partial charge in [-0.15, -0.1) is 17.8 Å². The second-order valence-corrected chi connectivity index (χ2v) is 5.52. The molecule has 0 amide bonds. The summed E-state index contributed by atoms with van der Waals surface area (Å²) < 4.78 is 1.00. The van der Waals surface area contributed by atoms with Crippen LogP contribution >= 0.6 is 34.7 Å². The van der Waals surface area contributed by atoms with Gasteiger partial charge in [-0.05, 0) is 12.1 Å². The molecule has 16 heavy (non-hydrogen) atoms. The first-order valence-electron chi connectivity index (χ1n) is 4.57. The number of aromatic nitrogens is 1. The standard InChI is InChI=1S/C12H8ClNS2/c1-2-7-15-12-14-11(8-16-12)9-3-5-10(13)6-4-9/h1,3-6,8H,7H2. The number of rotatable bonds is 3. The molecule has 1 aromatic carbocycles. The Balaban J connectivity index is 2.18. The van der Waals surface area contributed by atoms with Crippen LogP contribution in [0.3, 0.4) is 0 Å². The summed E-state index contributed by atoms with van der Waals surface area (Å²) in [6.45, 7) is 0. The molecular formula is C12H8ClNS2. The second kappa shape index (κ2) is 5.40. The van der Waals surface area contributed by atoms with Crippen molar-refractivity contribution in [2.75, 3.05) is 5.75 Å². The van der Waals surface area contributed by atoms with E-state index in [-0.39, 0.29) is 0 Å². The van der Waals surface area contributed by atoms with Gasteiger partial charge >= 0.3 is 0 Å². The highest BCUT2D eigenvalue weighted by atomic mass is 35.5. The minimum absolute atomic E-state index is 0.660. The molecule has 2 rings (SSSR count). The molecule has 1 aromatic heterocycles. The van der Waals surface area contributed by atoms with Crippen molar-refractivity contribution in [3.8, 4) is 23.6 Å². The summed E-state index contributed by atoms with van der Waals surface area (Å²) in [5.74, 6) is 3.25. The molecule has 1 heterocycles. The number of benzene rings is 1. The maximum Gasteiger partial charge on any atom is 0.151 e. The fourth-order valence-corrected chi connectivity index (χ4v) is 2.82. The Bertz CT molecular complexity index is 511. The zero-order chi connectivity index (χ0) is 11.4. The molecule has 0 saturated carbocycles. The monoisotopic (exact) mass is 265 g/mol. The minimum Gasteiger partial charge on any atom is -0.230 e. The lowest BCUT2D eigenvalue weighted by molar-refractivity contribution is 1.26. The number of hydrogen-bond donors (Lipinski definition) is 0. The topological polar surface area (TPSA) is 12.9 Å². The van der Waals surface area contributed by atoms with E-state index in [0.29, 0.717) is 5.75 Å². The van der Waals surface area contributed by atoms with Crippen LogP contribution in [0, 0.1) is 12.3 Å². The van der Waals surface area contributed by atoms with Crippen molar-refractivity contribution in [2.45, 2.75) is 4.34 Å². The summed E-state index contributed by atoms with van der Waals surface area (Å²) in [5.41, 5.74) is 2.05. The lowest BCUT2D eigenvalue weighted by atomic mass is 10.2. The molecule has 0 atom stereocenters. The number of thioether (sulfide) groups is 1. The molecule has 0 N–H and O–H groups in total. The van der Waals surface area contributed by atoms with Gasteiger partial charge in [-0.25, -0.2) is 4.98 Å². The first kappa shape index (κ1) is 11.5. The van der Waals surface area contributed by atoms with Crippen LogP contribution in [0.1, 0.15) is 0 Å². The van der Waals surface area contributed by atoms with Crippen molar-refractivity contribution >= 4 is 34.7 Å². The Morgan fingerprint density at radius 1 is 1.38 bits per heavy atom. The third-order valence-corrected chi connectivity index (χ3v) is 4.08. The molecule has 0 fully saturated rings. The number of thiazole rings is 1. The van der Waals surface area contributed by atoms with Crippen LogP contribution in [-0.4, -0.2) is 10.7 Å². The summed E-state index contributed by atoms with van der Waals surface area (Å²) in [6, 6.07) is 7.66. The Labute approximate surface area is 108 Å². The molecule has 0 saturated heterocycles. The Hall–Kier alpha value is -0.950. The molecule has 0 aliphatic rings. The fraction of sp³-hybridized carbons (Fsp3) is 0.0833. The smallest absolute Gasteiger partial charge is 0.151 e. The second-order valence-electron chi connectivity index (χ2n) is 3.00. The van der Waals surface area contributed by atoms with Crippen LogP contribution in [0.15, 0.2) is 34.0 Å². The average Bonchev–Trinajstić information content (AvgIpc) is 2.76. The summed E-state index contributed by atoms with van der Waals surface area (Å²) >= 11 is 9.02. The van der Waals surface area contributed by atoms with Crippen LogP contribution in [0.4, 0.5) is 0 Å². The SMILES string of the molecule is C#CCSc1nc(-c2ccc(Cl)cc2)cs1. The van der Waals surface area contributed by atoms with E-state index in [9.17, 15) is 0 Å². The fourth-order valence-electron chi connectivity index (χ4n) is 1.18. The van der Waals surface area contributed by atoms with E-state index in [1.807, 2.05) is 29.6 Å². The van der Waals surface area contributed by atoms with Crippen LogP contribution in [-0.2, 0) is 0 Å². The third kappa shape index (κ3) is 2.79. The summed E-state index contributed by atoms with van der Waals surface area (Å²) in [5, 5.41) is 2.77. The molecule has 4 heteroatoms. The van der Waals surface area contributed by atoms with Crippen LogP contribution in [0.5, 0.6) is 0 Å². The number of nitrogens with zero attached hydrogens (tertiary/aromatic N) is 1. The zero-order valence-corrected chi connectivity index (χ0v) is 10.7. The molecule has 1 nitrogen and oxygen atoms in total. The first-order valence-corrected chi connectivity index (χ1v) is 6.81. The van der Waals surface area contributed by atoms with E-state index in [4.69, 9.17) is 18.0 Å². The van der Waals surface area contributed by atoms with Gasteiger partial charge in [0.1, 0.15) is 0 Å². The molecule has 2 aromatic rings. The van der Waals surface area contributed by atoms with E-state index in [0.717, 1.165) is 20.6 Å². The third-order valence-electron chi connectivity index (χ3n) is 1.90. The molecule has 0 spiro atoms. The van der Waals surface area contributed by atoms with E-state index in [1.165, 1.54) is 0 Å². The van der Waals surface area contributed by atoms with Gasteiger partial charge in [-0.1, -0.05) is 41.4 Å². The van der Waals surface area contributed by atoms with Crippen molar-refractivity contribution in [2.24, 2.45) is 0 Å². The van der Waals surface area contributed by atoms with E-state index >= 15 is 0 Å². The molecule has 0 unspecified atom stereocenters. The predicted octanol–water partition coefficient (Wildman–Crippen LogP) is 4.19. The lowest BCUT2D eigenvalue weighted by Crippen LogP contribution is -1.77. The number of terminal acetylenes is 1. The summed E-state index contributed by atoms with van der Waals surface area (Å²) in [6.07, 6.45) is 5.20. The maximum atomic E-state index is 5.83.